The molecule has 24 heavy (non-hydrogen) atoms. The zero-order valence-electron chi connectivity index (χ0n) is 14.5. The van der Waals surface area contributed by atoms with E-state index in [9.17, 15) is 4.79 Å². The number of nitrogens with zero attached hydrogens (tertiary/aromatic N) is 3. The minimum Gasteiger partial charge on any atom is -0.375 e. The number of piperidine rings is 1. The molecule has 0 aliphatic carbocycles. The highest BCUT2D eigenvalue weighted by molar-refractivity contribution is 5.94. The van der Waals surface area contributed by atoms with Crippen LogP contribution in [0, 0.1) is 11.3 Å². The minimum absolute atomic E-state index is 0.0157. The van der Waals surface area contributed by atoms with E-state index in [0.717, 1.165) is 45.4 Å². The van der Waals surface area contributed by atoms with Crippen molar-refractivity contribution in [3.63, 3.8) is 0 Å². The number of ether oxygens (including phenoxy) is 1. The Labute approximate surface area is 143 Å². The molecule has 3 rings (SSSR count). The van der Waals surface area contributed by atoms with Crippen LogP contribution >= 0.6 is 0 Å². The zero-order chi connectivity index (χ0) is 17.2. The topological polar surface area (TPSA) is 56.6 Å². The van der Waals surface area contributed by atoms with Crippen LogP contribution in [0.1, 0.15) is 41.6 Å². The molecule has 1 aromatic rings. The lowest BCUT2D eigenvalue weighted by Gasteiger charge is -2.47. The summed E-state index contributed by atoms with van der Waals surface area (Å²) in [4.78, 5) is 16.9. The highest BCUT2D eigenvalue weighted by atomic mass is 16.5. The number of carbonyl (C=O) groups is 1. The molecule has 0 bridgehead atoms. The van der Waals surface area contributed by atoms with E-state index in [2.05, 4.69) is 25.1 Å². The van der Waals surface area contributed by atoms with Gasteiger partial charge in [-0.15, -0.1) is 0 Å². The minimum atomic E-state index is -0.0710. The Balaban J connectivity index is 1.64. The maximum absolute atomic E-state index is 12.7. The first kappa shape index (κ1) is 16.9. The summed E-state index contributed by atoms with van der Waals surface area (Å²) in [6, 6.07) is 9.60. The number of hydrogen-bond donors (Lipinski definition) is 0. The van der Waals surface area contributed by atoms with E-state index < -0.39 is 0 Å². The fourth-order valence-electron chi connectivity index (χ4n) is 3.81. The summed E-state index contributed by atoms with van der Waals surface area (Å²) in [5, 5.41) is 8.99. The van der Waals surface area contributed by atoms with Crippen LogP contribution in [0.5, 0.6) is 0 Å². The Hall–Kier alpha value is -1.90. The van der Waals surface area contributed by atoms with Gasteiger partial charge in [-0.25, -0.2) is 0 Å². The van der Waals surface area contributed by atoms with Gasteiger partial charge in [0.25, 0.3) is 5.91 Å². The number of nitriles is 1. The van der Waals surface area contributed by atoms with Crippen molar-refractivity contribution in [3.8, 4) is 6.07 Å². The molecule has 5 heteroatoms. The Bertz CT molecular complexity index is 642. The first-order chi connectivity index (χ1) is 11.5. The van der Waals surface area contributed by atoms with Crippen molar-refractivity contribution in [1.29, 1.82) is 5.26 Å². The predicted molar refractivity (Wildman–Crippen MR) is 91.7 cm³/mol. The summed E-state index contributed by atoms with van der Waals surface area (Å²) in [6.07, 6.45) is 3.91. The third-order valence-electron chi connectivity index (χ3n) is 5.40. The Kier molecular flexibility index (Phi) is 4.88. The highest BCUT2D eigenvalue weighted by Gasteiger charge is 2.41. The van der Waals surface area contributed by atoms with Crippen molar-refractivity contribution in [2.45, 2.75) is 37.3 Å². The van der Waals surface area contributed by atoms with Gasteiger partial charge in [-0.05, 0) is 58.0 Å². The third-order valence-corrected chi connectivity index (χ3v) is 5.40. The lowest BCUT2D eigenvalue weighted by atomic mass is 9.82. The van der Waals surface area contributed by atoms with Crippen molar-refractivity contribution in [1.82, 2.24) is 9.80 Å². The van der Waals surface area contributed by atoms with Gasteiger partial charge in [0.15, 0.2) is 0 Å². The summed E-state index contributed by atoms with van der Waals surface area (Å²) in [5.74, 6) is 0.0157. The molecule has 2 aliphatic heterocycles. The van der Waals surface area contributed by atoms with Crippen LogP contribution < -0.4 is 0 Å². The summed E-state index contributed by atoms with van der Waals surface area (Å²) in [5.41, 5.74) is 1.05. The third kappa shape index (κ3) is 3.45. The van der Waals surface area contributed by atoms with Crippen LogP contribution in [0.3, 0.4) is 0 Å². The number of hydrogen-bond acceptors (Lipinski definition) is 4. The molecule has 1 amide bonds. The standard InChI is InChI=1S/C19H25N3O2/c1-21(2)17-6-11-24-19(13-17)7-9-22(10-8-19)18(23)16-5-3-4-15(12-16)14-20/h3-5,12,17H,6-11,13H2,1-2H3/t17-/m1/s1. The van der Waals surface area contributed by atoms with E-state index in [1.165, 1.54) is 0 Å². The number of rotatable bonds is 2. The molecule has 2 aliphatic rings. The molecule has 128 valence electrons. The van der Waals surface area contributed by atoms with E-state index in [-0.39, 0.29) is 11.5 Å². The van der Waals surface area contributed by atoms with Crippen LogP contribution in [0.4, 0.5) is 0 Å². The van der Waals surface area contributed by atoms with Crippen molar-refractivity contribution >= 4 is 5.91 Å². The van der Waals surface area contributed by atoms with Crippen LogP contribution in [-0.4, -0.2) is 61.1 Å². The Morgan fingerprint density at radius 1 is 1.38 bits per heavy atom. The summed E-state index contributed by atoms with van der Waals surface area (Å²) in [6.45, 7) is 2.24. The molecule has 2 fully saturated rings. The molecule has 0 saturated carbocycles. The van der Waals surface area contributed by atoms with Gasteiger partial charge in [0, 0.05) is 31.3 Å². The van der Waals surface area contributed by atoms with Gasteiger partial charge >= 0.3 is 0 Å². The van der Waals surface area contributed by atoms with E-state index in [1.54, 1.807) is 24.3 Å². The second-order valence-corrected chi connectivity index (χ2v) is 7.13. The normalized spacial score (nSPS) is 23.2. The van der Waals surface area contributed by atoms with E-state index in [4.69, 9.17) is 10.00 Å². The lowest BCUT2D eigenvalue weighted by Crippen LogP contribution is -2.53. The second kappa shape index (κ2) is 6.92. The van der Waals surface area contributed by atoms with Crippen molar-refractivity contribution in [2.75, 3.05) is 33.8 Å². The molecule has 0 aromatic heterocycles. The first-order valence-corrected chi connectivity index (χ1v) is 8.63. The van der Waals surface area contributed by atoms with Gasteiger partial charge < -0.3 is 14.5 Å². The fraction of sp³-hybridized carbons (Fsp3) is 0.579. The summed E-state index contributed by atoms with van der Waals surface area (Å²) < 4.78 is 6.15. The van der Waals surface area contributed by atoms with Crippen LogP contribution in [0.15, 0.2) is 24.3 Å². The predicted octanol–water partition coefficient (Wildman–Crippen LogP) is 2.27. The Morgan fingerprint density at radius 2 is 2.12 bits per heavy atom. The molecule has 2 heterocycles. The van der Waals surface area contributed by atoms with Crippen molar-refractivity contribution in [2.24, 2.45) is 0 Å². The number of amides is 1. The summed E-state index contributed by atoms with van der Waals surface area (Å²) >= 11 is 0. The van der Waals surface area contributed by atoms with Crippen molar-refractivity contribution in [3.05, 3.63) is 35.4 Å². The SMILES string of the molecule is CN(C)[C@@H]1CCOC2(CCN(C(=O)c3cccc(C#N)c3)CC2)C1. The molecule has 1 spiro atoms. The quantitative estimate of drug-likeness (QED) is 0.836. The Morgan fingerprint density at radius 3 is 2.79 bits per heavy atom. The van der Waals surface area contributed by atoms with Crippen molar-refractivity contribution < 1.29 is 9.53 Å². The first-order valence-electron chi connectivity index (χ1n) is 8.63. The van der Waals surface area contributed by atoms with Gasteiger partial charge in [0.1, 0.15) is 0 Å². The maximum atomic E-state index is 12.7. The van der Waals surface area contributed by atoms with Crippen LogP contribution in [0.2, 0.25) is 0 Å². The van der Waals surface area contributed by atoms with Gasteiger partial charge in [-0.2, -0.15) is 5.26 Å². The van der Waals surface area contributed by atoms with Gasteiger partial charge in [-0.3, -0.25) is 4.79 Å². The second-order valence-electron chi connectivity index (χ2n) is 7.13. The van der Waals surface area contributed by atoms with Gasteiger partial charge in [0.2, 0.25) is 0 Å². The molecular formula is C19H25N3O2. The zero-order valence-corrected chi connectivity index (χ0v) is 14.5. The largest absolute Gasteiger partial charge is 0.375 e. The molecule has 0 unspecified atom stereocenters. The fourth-order valence-corrected chi connectivity index (χ4v) is 3.81. The number of benzene rings is 1. The number of carbonyl (C=O) groups excluding carboxylic acids is 1. The molecule has 5 nitrogen and oxygen atoms in total. The molecule has 0 N–H and O–H groups in total. The van der Waals surface area contributed by atoms with E-state index in [1.807, 2.05) is 4.90 Å². The van der Waals surface area contributed by atoms with Gasteiger partial charge in [-0.1, -0.05) is 6.07 Å². The summed E-state index contributed by atoms with van der Waals surface area (Å²) in [7, 11) is 4.26. The highest BCUT2D eigenvalue weighted by Crippen LogP contribution is 2.36. The molecule has 0 radical (unpaired) electrons. The van der Waals surface area contributed by atoms with Crippen LogP contribution in [-0.2, 0) is 4.74 Å². The molecule has 1 aromatic carbocycles. The van der Waals surface area contributed by atoms with Crippen LogP contribution in [0.25, 0.3) is 0 Å². The number of likely N-dealkylation sites (tertiary alicyclic amines) is 1. The lowest BCUT2D eigenvalue weighted by molar-refractivity contribution is -0.125. The monoisotopic (exact) mass is 327 g/mol. The van der Waals surface area contributed by atoms with Gasteiger partial charge in [0.05, 0.1) is 17.2 Å². The van der Waals surface area contributed by atoms with E-state index in [0.29, 0.717) is 17.2 Å². The average molecular weight is 327 g/mol. The molecule has 2 saturated heterocycles. The van der Waals surface area contributed by atoms with E-state index >= 15 is 0 Å². The smallest absolute Gasteiger partial charge is 0.253 e. The molecule has 1 atom stereocenters. The molecular weight excluding hydrogens is 302 g/mol. The maximum Gasteiger partial charge on any atom is 0.253 e. The average Bonchev–Trinajstić information content (AvgIpc) is 2.62.